The fourth-order valence-corrected chi connectivity index (χ4v) is 2.21. The molecule has 1 amide bonds. The van der Waals surface area contributed by atoms with Crippen LogP contribution in [0.25, 0.3) is 0 Å². The zero-order valence-corrected chi connectivity index (χ0v) is 12.1. The number of halogens is 1. The second-order valence-electron chi connectivity index (χ2n) is 4.29. The molecule has 0 saturated carbocycles. The van der Waals surface area contributed by atoms with Gasteiger partial charge in [-0.25, -0.2) is 4.39 Å². The van der Waals surface area contributed by atoms with Gasteiger partial charge in [-0.1, -0.05) is 0 Å². The Balaban J connectivity index is 2.65. The molecule has 0 aliphatic rings. The summed E-state index contributed by atoms with van der Waals surface area (Å²) in [5, 5.41) is 2.68. The van der Waals surface area contributed by atoms with Gasteiger partial charge in [0.2, 0.25) is 0 Å². The highest BCUT2D eigenvalue weighted by Crippen LogP contribution is 2.16. The summed E-state index contributed by atoms with van der Waals surface area (Å²) in [6.45, 7) is 1.80. The summed E-state index contributed by atoms with van der Waals surface area (Å²) >= 11 is 0. The summed E-state index contributed by atoms with van der Waals surface area (Å²) in [7, 11) is 0.536. The Morgan fingerprint density at radius 2 is 2.21 bits per heavy atom. The number of carbonyl (C=O) groups is 1. The standard InChI is InChI=1S/C13H18FNO3S/c1-9(6-7-19(3)17)15-13(16)11-5-4-10(18-2)8-12(11)14/h4-5,8-9H,6-7H2,1-3H3,(H,15,16). The summed E-state index contributed by atoms with van der Waals surface area (Å²) in [6.07, 6.45) is 2.20. The zero-order chi connectivity index (χ0) is 14.4. The summed E-state index contributed by atoms with van der Waals surface area (Å²) in [4.78, 5) is 11.9. The molecule has 2 atom stereocenters. The number of benzene rings is 1. The van der Waals surface area contributed by atoms with Crippen molar-refractivity contribution in [2.75, 3.05) is 19.1 Å². The van der Waals surface area contributed by atoms with Crippen LogP contribution < -0.4 is 10.1 Å². The maximum Gasteiger partial charge on any atom is 0.254 e. The Morgan fingerprint density at radius 1 is 1.53 bits per heavy atom. The second-order valence-corrected chi connectivity index (χ2v) is 5.84. The average molecular weight is 287 g/mol. The van der Waals surface area contributed by atoms with Crippen molar-refractivity contribution < 1.29 is 18.1 Å². The van der Waals surface area contributed by atoms with Gasteiger partial charge in [0.05, 0.1) is 12.7 Å². The minimum Gasteiger partial charge on any atom is -0.497 e. The molecular weight excluding hydrogens is 269 g/mol. The molecular formula is C13H18FNO3S. The maximum atomic E-state index is 13.7. The summed E-state index contributed by atoms with van der Waals surface area (Å²) in [5.74, 6) is -0.229. The van der Waals surface area contributed by atoms with Crippen molar-refractivity contribution in [3.05, 3.63) is 29.6 Å². The van der Waals surface area contributed by atoms with E-state index in [1.165, 1.54) is 25.3 Å². The highest BCUT2D eigenvalue weighted by Gasteiger charge is 2.14. The van der Waals surface area contributed by atoms with E-state index < -0.39 is 22.5 Å². The first-order valence-electron chi connectivity index (χ1n) is 5.88. The molecule has 1 N–H and O–H groups in total. The van der Waals surface area contributed by atoms with E-state index in [9.17, 15) is 13.4 Å². The number of nitrogens with one attached hydrogen (secondary N) is 1. The van der Waals surface area contributed by atoms with Gasteiger partial charge in [0.25, 0.3) is 5.91 Å². The number of carbonyl (C=O) groups excluding carboxylic acids is 1. The fraction of sp³-hybridized carbons (Fsp3) is 0.462. The number of hydrogen-bond acceptors (Lipinski definition) is 3. The minimum atomic E-state index is -0.896. The first-order chi connectivity index (χ1) is 8.93. The normalized spacial score (nSPS) is 13.7. The molecule has 2 unspecified atom stereocenters. The third kappa shape index (κ3) is 4.98. The molecule has 1 aromatic carbocycles. The average Bonchev–Trinajstić information content (AvgIpc) is 2.35. The predicted octanol–water partition coefficient (Wildman–Crippen LogP) is 1.72. The fourth-order valence-electron chi connectivity index (χ4n) is 1.52. The summed E-state index contributed by atoms with van der Waals surface area (Å²) in [6, 6.07) is 3.93. The van der Waals surface area contributed by atoms with Crippen molar-refractivity contribution in [1.82, 2.24) is 5.32 Å². The number of methoxy groups -OCH3 is 1. The van der Waals surface area contributed by atoms with Crippen molar-refractivity contribution >= 4 is 16.7 Å². The molecule has 0 aliphatic heterocycles. The Labute approximate surface area is 114 Å². The van der Waals surface area contributed by atoms with Gasteiger partial charge in [-0.2, -0.15) is 0 Å². The molecule has 106 valence electrons. The van der Waals surface area contributed by atoms with Crippen molar-refractivity contribution in [1.29, 1.82) is 0 Å². The van der Waals surface area contributed by atoms with Crippen LogP contribution in [0.2, 0.25) is 0 Å². The summed E-state index contributed by atoms with van der Waals surface area (Å²) < 4.78 is 29.5. The van der Waals surface area contributed by atoms with Crippen LogP contribution in [-0.4, -0.2) is 35.3 Å². The lowest BCUT2D eigenvalue weighted by Gasteiger charge is -2.13. The molecule has 4 nitrogen and oxygen atoms in total. The third-order valence-electron chi connectivity index (χ3n) is 2.64. The largest absolute Gasteiger partial charge is 0.497 e. The Morgan fingerprint density at radius 3 is 2.74 bits per heavy atom. The van der Waals surface area contributed by atoms with Crippen LogP contribution >= 0.6 is 0 Å². The van der Waals surface area contributed by atoms with E-state index in [-0.39, 0.29) is 11.6 Å². The van der Waals surface area contributed by atoms with Crippen LogP contribution in [0.1, 0.15) is 23.7 Å². The van der Waals surface area contributed by atoms with E-state index in [0.29, 0.717) is 17.9 Å². The van der Waals surface area contributed by atoms with Gasteiger partial charge in [0.1, 0.15) is 11.6 Å². The van der Waals surface area contributed by atoms with Crippen molar-refractivity contribution in [3.63, 3.8) is 0 Å². The van der Waals surface area contributed by atoms with Gasteiger partial charge in [-0.3, -0.25) is 9.00 Å². The molecule has 0 bridgehead atoms. The highest BCUT2D eigenvalue weighted by atomic mass is 32.2. The van der Waals surface area contributed by atoms with Crippen LogP contribution in [0.15, 0.2) is 18.2 Å². The lowest BCUT2D eigenvalue weighted by Crippen LogP contribution is -2.34. The van der Waals surface area contributed by atoms with Crippen LogP contribution in [0, 0.1) is 5.82 Å². The van der Waals surface area contributed by atoms with Crippen LogP contribution in [-0.2, 0) is 10.8 Å². The Bertz CT molecular complexity index is 479. The van der Waals surface area contributed by atoms with E-state index in [0.717, 1.165) is 0 Å². The van der Waals surface area contributed by atoms with Gasteiger partial charge < -0.3 is 10.1 Å². The highest BCUT2D eigenvalue weighted by molar-refractivity contribution is 7.84. The summed E-state index contributed by atoms with van der Waals surface area (Å²) in [5.41, 5.74) is -0.0229. The Hall–Kier alpha value is -1.43. The molecule has 0 heterocycles. The molecule has 0 aromatic heterocycles. The van der Waals surface area contributed by atoms with Crippen LogP contribution in [0.3, 0.4) is 0 Å². The van der Waals surface area contributed by atoms with Gasteiger partial charge in [0.15, 0.2) is 0 Å². The van der Waals surface area contributed by atoms with Crippen LogP contribution in [0.5, 0.6) is 5.75 Å². The SMILES string of the molecule is COc1ccc(C(=O)NC(C)CCS(C)=O)c(F)c1. The maximum absolute atomic E-state index is 13.7. The van der Waals surface area contributed by atoms with Gasteiger partial charge in [-0.15, -0.1) is 0 Å². The molecule has 19 heavy (non-hydrogen) atoms. The first-order valence-corrected chi connectivity index (χ1v) is 7.61. The van der Waals surface area contributed by atoms with E-state index in [4.69, 9.17) is 4.74 Å². The van der Waals surface area contributed by atoms with E-state index in [2.05, 4.69) is 5.32 Å². The van der Waals surface area contributed by atoms with E-state index in [1.807, 2.05) is 0 Å². The molecule has 6 heteroatoms. The zero-order valence-electron chi connectivity index (χ0n) is 11.2. The molecule has 0 aliphatic carbocycles. The number of rotatable bonds is 6. The molecule has 1 aromatic rings. The monoisotopic (exact) mass is 287 g/mol. The van der Waals surface area contributed by atoms with Crippen molar-refractivity contribution in [3.8, 4) is 5.75 Å². The predicted molar refractivity (Wildman–Crippen MR) is 73.4 cm³/mol. The van der Waals surface area contributed by atoms with Gasteiger partial charge >= 0.3 is 0 Å². The lowest BCUT2D eigenvalue weighted by atomic mass is 10.1. The number of amides is 1. The smallest absolute Gasteiger partial charge is 0.254 e. The lowest BCUT2D eigenvalue weighted by molar-refractivity contribution is 0.0935. The second kappa shape index (κ2) is 7.23. The molecule has 0 saturated heterocycles. The first kappa shape index (κ1) is 15.6. The van der Waals surface area contributed by atoms with Gasteiger partial charge in [-0.05, 0) is 25.5 Å². The number of hydrogen-bond donors (Lipinski definition) is 1. The quantitative estimate of drug-likeness (QED) is 0.867. The van der Waals surface area contributed by atoms with Crippen LogP contribution in [0.4, 0.5) is 4.39 Å². The molecule has 0 radical (unpaired) electrons. The molecule has 1 rings (SSSR count). The minimum absolute atomic E-state index is 0.0229. The molecule has 0 spiro atoms. The number of ether oxygens (including phenoxy) is 1. The van der Waals surface area contributed by atoms with E-state index in [1.54, 1.807) is 13.2 Å². The van der Waals surface area contributed by atoms with Crippen molar-refractivity contribution in [2.24, 2.45) is 0 Å². The third-order valence-corrected chi connectivity index (χ3v) is 3.45. The van der Waals surface area contributed by atoms with Crippen molar-refractivity contribution in [2.45, 2.75) is 19.4 Å². The Kier molecular flexibility index (Phi) is 5.95. The van der Waals surface area contributed by atoms with E-state index >= 15 is 0 Å². The molecule has 0 fully saturated rings. The van der Waals surface area contributed by atoms with Gasteiger partial charge in [0, 0.05) is 34.9 Å². The topological polar surface area (TPSA) is 55.4 Å².